The SMILES string of the molecule is CCOc1ccccc1OCC1(OCC)CCN(Cc2ccccc2)C1.O=C(O)C(=O)O. The Bertz CT molecular complexity index is 846. The number of rotatable bonds is 9. The number of ether oxygens (including phenoxy) is 3. The van der Waals surface area contributed by atoms with E-state index in [-0.39, 0.29) is 5.60 Å². The first-order valence-corrected chi connectivity index (χ1v) is 10.6. The lowest BCUT2D eigenvalue weighted by Crippen LogP contribution is -2.42. The number of hydrogen-bond acceptors (Lipinski definition) is 6. The van der Waals surface area contributed by atoms with Crippen LogP contribution in [0.3, 0.4) is 0 Å². The van der Waals surface area contributed by atoms with Gasteiger partial charge in [0.05, 0.1) is 6.61 Å². The molecule has 0 spiro atoms. The number of nitrogens with zero attached hydrogens (tertiary/aromatic N) is 1. The smallest absolute Gasteiger partial charge is 0.414 e. The molecule has 0 bridgehead atoms. The highest BCUT2D eigenvalue weighted by atomic mass is 16.6. The van der Waals surface area contributed by atoms with Crippen molar-refractivity contribution in [2.75, 3.05) is 32.9 Å². The lowest BCUT2D eigenvalue weighted by molar-refractivity contribution is -0.159. The van der Waals surface area contributed by atoms with E-state index >= 15 is 0 Å². The minimum absolute atomic E-state index is 0.261. The molecular weight excluding hydrogens is 414 g/mol. The van der Waals surface area contributed by atoms with Gasteiger partial charge in [-0.1, -0.05) is 42.5 Å². The average Bonchev–Trinajstić information content (AvgIpc) is 3.17. The fraction of sp³-hybridized carbons (Fsp3) is 0.417. The first kappa shape index (κ1) is 25.2. The van der Waals surface area contributed by atoms with E-state index in [0.717, 1.165) is 37.6 Å². The number of carbonyl (C=O) groups is 2. The highest BCUT2D eigenvalue weighted by Gasteiger charge is 2.40. The molecule has 0 aliphatic carbocycles. The summed E-state index contributed by atoms with van der Waals surface area (Å²) >= 11 is 0. The van der Waals surface area contributed by atoms with Gasteiger partial charge in [0.15, 0.2) is 11.5 Å². The zero-order chi connectivity index (χ0) is 23.4. The highest BCUT2D eigenvalue weighted by molar-refractivity contribution is 6.27. The Kier molecular flexibility index (Phi) is 9.97. The van der Waals surface area contributed by atoms with Crippen LogP contribution in [0.1, 0.15) is 25.8 Å². The summed E-state index contributed by atoms with van der Waals surface area (Å²) < 4.78 is 18.0. The van der Waals surface area contributed by atoms with E-state index in [0.29, 0.717) is 19.8 Å². The molecule has 8 nitrogen and oxygen atoms in total. The standard InChI is InChI=1S/C22H29NO3.C2H2O4/c1-3-24-20-12-8-9-13-21(20)25-18-22(26-4-2)14-15-23(17-22)16-19-10-6-5-7-11-19;3-1(4)2(5)6/h5-13H,3-4,14-18H2,1-2H3;(H,3,4)(H,5,6). The van der Waals surface area contributed by atoms with Gasteiger partial charge in [-0.05, 0) is 38.0 Å². The molecule has 0 aromatic heterocycles. The molecule has 0 radical (unpaired) electrons. The number of likely N-dealkylation sites (tertiary alicyclic amines) is 1. The molecular formula is C24H31NO7. The van der Waals surface area contributed by atoms with Gasteiger partial charge in [-0.25, -0.2) is 9.59 Å². The largest absolute Gasteiger partial charge is 0.490 e. The van der Waals surface area contributed by atoms with Crippen molar-refractivity contribution in [2.45, 2.75) is 32.4 Å². The van der Waals surface area contributed by atoms with Crippen molar-refractivity contribution < 1.29 is 34.0 Å². The molecule has 1 aliphatic rings. The fourth-order valence-corrected chi connectivity index (χ4v) is 3.54. The van der Waals surface area contributed by atoms with Crippen LogP contribution >= 0.6 is 0 Å². The quantitative estimate of drug-likeness (QED) is 0.567. The van der Waals surface area contributed by atoms with Gasteiger partial charge in [0.2, 0.25) is 0 Å². The van der Waals surface area contributed by atoms with Crippen molar-refractivity contribution in [3.63, 3.8) is 0 Å². The number of para-hydroxylation sites is 2. The van der Waals surface area contributed by atoms with Crippen LogP contribution in [-0.2, 0) is 20.9 Å². The van der Waals surface area contributed by atoms with Gasteiger partial charge in [0.25, 0.3) is 0 Å². The molecule has 3 rings (SSSR count). The molecule has 1 atom stereocenters. The van der Waals surface area contributed by atoms with Gasteiger partial charge in [-0.2, -0.15) is 0 Å². The third kappa shape index (κ3) is 7.86. The van der Waals surface area contributed by atoms with E-state index in [1.807, 2.05) is 31.2 Å². The van der Waals surface area contributed by atoms with Crippen molar-refractivity contribution in [2.24, 2.45) is 0 Å². The first-order valence-electron chi connectivity index (χ1n) is 10.6. The maximum absolute atomic E-state index is 9.10. The van der Waals surface area contributed by atoms with Gasteiger partial charge >= 0.3 is 11.9 Å². The Morgan fingerprint density at radius 2 is 1.50 bits per heavy atom. The number of carboxylic acids is 2. The molecule has 8 heteroatoms. The first-order chi connectivity index (χ1) is 15.4. The van der Waals surface area contributed by atoms with Gasteiger partial charge in [-0.15, -0.1) is 0 Å². The zero-order valence-electron chi connectivity index (χ0n) is 18.5. The summed E-state index contributed by atoms with van der Waals surface area (Å²) in [4.78, 5) is 20.6. The van der Waals surface area contributed by atoms with Crippen LogP contribution in [0, 0.1) is 0 Å². The normalized spacial score (nSPS) is 17.8. The molecule has 2 aromatic rings. The van der Waals surface area contributed by atoms with Crippen LogP contribution in [0.25, 0.3) is 0 Å². The molecule has 0 saturated carbocycles. The minimum atomic E-state index is -1.82. The lowest BCUT2D eigenvalue weighted by Gasteiger charge is -2.29. The predicted octanol–water partition coefficient (Wildman–Crippen LogP) is 3.30. The number of aliphatic carboxylic acids is 2. The second-order valence-corrected chi connectivity index (χ2v) is 7.34. The predicted molar refractivity (Wildman–Crippen MR) is 119 cm³/mol. The summed E-state index contributed by atoms with van der Waals surface area (Å²) in [5.74, 6) is -2.07. The Hall–Kier alpha value is -3.10. The molecule has 1 heterocycles. The minimum Gasteiger partial charge on any atom is -0.490 e. The summed E-state index contributed by atoms with van der Waals surface area (Å²) in [6, 6.07) is 18.4. The zero-order valence-corrected chi connectivity index (χ0v) is 18.5. The van der Waals surface area contributed by atoms with E-state index in [1.165, 1.54) is 5.56 Å². The number of benzene rings is 2. The van der Waals surface area contributed by atoms with E-state index in [4.69, 9.17) is 34.0 Å². The number of carboxylic acid groups (broad SMARTS) is 2. The van der Waals surface area contributed by atoms with Crippen molar-refractivity contribution in [3.05, 3.63) is 60.2 Å². The van der Waals surface area contributed by atoms with Crippen LogP contribution in [0.4, 0.5) is 0 Å². The van der Waals surface area contributed by atoms with Crippen LogP contribution < -0.4 is 9.47 Å². The summed E-state index contributed by atoms with van der Waals surface area (Å²) in [7, 11) is 0. The maximum Gasteiger partial charge on any atom is 0.414 e. The fourth-order valence-electron chi connectivity index (χ4n) is 3.54. The van der Waals surface area contributed by atoms with Gasteiger partial charge in [0, 0.05) is 26.2 Å². The second-order valence-electron chi connectivity index (χ2n) is 7.34. The van der Waals surface area contributed by atoms with Gasteiger partial charge < -0.3 is 24.4 Å². The molecule has 32 heavy (non-hydrogen) atoms. The van der Waals surface area contributed by atoms with E-state index < -0.39 is 11.9 Å². The molecule has 1 saturated heterocycles. The topological polar surface area (TPSA) is 106 Å². The van der Waals surface area contributed by atoms with Crippen LogP contribution in [0.2, 0.25) is 0 Å². The van der Waals surface area contributed by atoms with Gasteiger partial charge in [-0.3, -0.25) is 4.90 Å². The summed E-state index contributed by atoms with van der Waals surface area (Å²) in [5, 5.41) is 14.8. The Labute approximate surface area is 188 Å². The Balaban J connectivity index is 0.000000534. The molecule has 2 N–H and O–H groups in total. The molecule has 1 fully saturated rings. The van der Waals surface area contributed by atoms with E-state index in [9.17, 15) is 0 Å². The average molecular weight is 446 g/mol. The van der Waals surface area contributed by atoms with Crippen LogP contribution in [0.5, 0.6) is 11.5 Å². The molecule has 1 aliphatic heterocycles. The molecule has 0 amide bonds. The molecule has 2 aromatic carbocycles. The van der Waals surface area contributed by atoms with Crippen molar-refractivity contribution in [1.29, 1.82) is 0 Å². The summed E-state index contributed by atoms with van der Waals surface area (Å²) in [6.07, 6.45) is 0.977. The van der Waals surface area contributed by atoms with E-state index in [2.05, 4.69) is 42.2 Å². The summed E-state index contributed by atoms with van der Waals surface area (Å²) in [5.41, 5.74) is 1.07. The molecule has 174 valence electrons. The third-order valence-corrected chi connectivity index (χ3v) is 4.92. The maximum atomic E-state index is 9.10. The molecule has 1 unspecified atom stereocenters. The van der Waals surface area contributed by atoms with Crippen molar-refractivity contribution in [1.82, 2.24) is 4.90 Å². The van der Waals surface area contributed by atoms with Gasteiger partial charge in [0.1, 0.15) is 12.2 Å². The number of hydrogen-bond donors (Lipinski definition) is 2. The van der Waals surface area contributed by atoms with Crippen LogP contribution in [-0.4, -0.2) is 65.6 Å². The highest BCUT2D eigenvalue weighted by Crippen LogP contribution is 2.31. The van der Waals surface area contributed by atoms with E-state index in [1.54, 1.807) is 0 Å². The summed E-state index contributed by atoms with van der Waals surface area (Å²) in [6.45, 7) is 8.74. The Morgan fingerprint density at radius 3 is 2.06 bits per heavy atom. The lowest BCUT2D eigenvalue weighted by atomic mass is 10.0. The van der Waals surface area contributed by atoms with Crippen molar-refractivity contribution in [3.8, 4) is 11.5 Å². The third-order valence-electron chi connectivity index (χ3n) is 4.92. The van der Waals surface area contributed by atoms with Crippen LogP contribution in [0.15, 0.2) is 54.6 Å². The Morgan fingerprint density at radius 1 is 0.906 bits per heavy atom. The monoisotopic (exact) mass is 445 g/mol. The second kappa shape index (κ2) is 12.7. The van der Waals surface area contributed by atoms with Crippen molar-refractivity contribution >= 4 is 11.9 Å².